The molecule has 2 aromatic rings. The molecule has 0 atom stereocenters. The van der Waals surface area contributed by atoms with Crippen molar-refractivity contribution in [3.63, 3.8) is 0 Å². The van der Waals surface area contributed by atoms with Crippen molar-refractivity contribution in [2.45, 2.75) is 0 Å². The zero-order valence-corrected chi connectivity index (χ0v) is 16.6. The molecule has 3 aliphatic heterocycles. The van der Waals surface area contributed by atoms with Crippen LogP contribution in [-0.4, -0.2) is 39.1 Å². The van der Waals surface area contributed by atoms with Crippen molar-refractivity contribution in [1.82, 2.24) is 9.80 Å². The van der Waals surface area contributed by atoms with Crippen LogP contribution >= 0.6 is 0 Å². The fourth-order valence-corrected chi connectivity index (χ4v) is 5.75. The van der Waals surface area contributed by atoms with Crippen molar-refractivity contribution in [1.29, 1.82) is 0 Å². The number of benzene rings is 2. The molecule has 3 aliphatic rings. The van der Waals surface area contributed by atoms with Crippen molar-refractivity contribution >= 4 is 31.0 Å². The van der Waals surface area contributed by atoms with E-state index in [2.05, 4.69) is 12.1 Å². The van der Waals surface area contributed by atoms with Gasteiger partial charge >= 0.3 is 176 Å². The van der Waals surface area contributed by atoms with Gasteiger partial charge in [0.15, 0.2) is 0 Å². The molecule has 0 aromatic heterocycles. The van der Waals surface area contributed by atoms with Gasteiger partial charge < -0.3 is 0 Å². The van der Waals surface area contributed by atoms with Gasteiger partial charge in [-0.15, -0.1) is 0 Å². The molecule has 0 spiro atoms. The molecule has 0 saturated carbocycles. The number of hydrogen-bond acceptors (Lipinski definition) is 5. The number of rotatable bonds is 0. The molecule has 0 saturated heterocycles. The first kappa shape index (κ1) is 11.3. The average Bonchev–Trinajstić information content (AvgIpc) is 3.37. The summed E-state index contributed by atoms with van der Waals surface area (Å²) in [6.45, 7) is -4.83. The first-order valence-corrected chi connectivity index (χ1v) is 10.5. The van der Waals surface area contributed by atoms with Gasteiger partial charge in [-0.05, 0) is 0 Å². The van der Waals surface area contributed by atoms with Crippen molar-refractivity contribution in [2.75, 3.05) is 35.7 Å². The van der Waals surface area contributed by atoms with Crippen molar-refractivity contribution < 1.29 is 25.9 Å². The molecule has 0 aliphatic carbocycles. The molecule has 4 bridgehead atoms. The molecule has 27 heavy (non-hydrogen) atoms. The summed E-state index contributed by atoms with van der Waals surface area (Å²) in [5.41, 5.74) is 2.94. The summed E-state index contributed by atoms with van der Waals surface area (Å²) in [6, 6.07) is 18.1. The van der Waals surface area contributed by atoms with Crippen LogP contribution in [0.25, 0.3) is 0 Å². The van der Waals surface area contributed by atoms with E-state index in [1.54, 1.807) is 22.2 Å². The van der Waals surface area contributed by atoms with Crippen molar-refractivity contribution in [3.05, 3.63) is 73.3 Å². The number of fused-ring (bicyclic) bond motifs is 8. The Hall–Kier alpha value is -2.65. The Morgan fingerprint density at radius 3 is 1.70 bits per heavy atom. The fourth-order valence-electron chi connectivity index (χ4n) is 2.98. The number of hydrogen-bond donors (Lipinski definition) is 0. The quantitative estimate of drug-likeness (QED) is 0.475. The van der Waals surface area contributed by atoms with Gasteiger partial charge in [-0.25, -0.2) is 0 Å². The van der Waals surface area contributed by atoms with Gasteiger partial charge in [0.1, 0.15) is 0 Å². The Morgan fingerprint density at radius 1 is 0.741 bits per heavy atom. The fraction of sp³-hybridized carbons (Fsp3) is 0.143. The molecule has 0 radical (unpaired) electrons. The first-order valence-electron chi connectivity index (χ1n) is 11.2. The molecule has 0 N–H and O–H groups in total. The summed E-state index contributed by atoms with van der Waals surface area (Å²) < 4.78 is 49.3. The van der Waals surface area contributed by atoms with E-state index < -0.39 is 31.6 Å². The Bertz CT molecular complexity index is 1150. The monoisotopic (exact) mass is 542 g/mol. The van der Waals surface area contributed by atoms with Crippen LogP contribution in [0.3, 0.4) is 0 Å². The van der Waals surface area contributed by atoms with Crippen molar-refractivity contribution in [3.8, 4) is 0 Å². The van der Waals surface area contributed by atoms with Crippen LogP contribution in [0.15, 0.2) is 61.2 Å². The standard InChI is InChI=1S/C21H19N5.Pt/c1-22-10-12-25(16-22)20-8-4-6-18(14-20)24(3)19-7-5-9-21(15-19)26-13-11-23(2)17-26;/h4-13H,1-3H3;/q-2;/i1D3,2D3;. The molecule has 2 aromatic carbocycles. The Kier molecular flexibility index (Phi) is 2.59. The number of nitrogens with zero attached hydrogens (tertiary/aromatic N) is 5. The molecule has 0 amide bonds. The van der Waals surface area contributed by atoms with Crippen LogP contribution in [0.4, 0.5) is 22.7 Å². The Labute approximate surface area is 176 Å². The zero-order valence-electron chi connectivity index (χ0n) is 20.3. The second-order valence-corrected chi connectivity index (χ2v) is 8.64. The summed E-state index contributed by atoms with van der Waals surface area (Å²) >= 11 is -1.30. The third kappa shape index (κ3) is 2.65. The van der Waals surface area contributed by atoms with Gasteiger partial charge in [0.25, 0.3) is 0 Å². The maximum atomic E-state index is 8.05. The molecule has 5 rings (SSSR count). The summed E-state index contributed by atoms with van der Waals surface area (Å²) in [6.07, 6.45) is 6.43. The topological polar surface area (TPSA) is 16.2 Å². The molecular formula is C21H19N5Pt-2. The molecule has 6 heteroatoms. The predicted molar refractivity (Wildman–Crippen MR) is 107 cm³/mol. The van der Waals surface area contributed by atoms with Crippen LogP contribution in [0.5, 0.6) is 0 Å². The molecule has 140 valence electrons. The van der Waals surface area contributed by atoms with E-state index in [1.165, 1.54) is 22.2 Å². The van der Waals surface area contributed by atoms with Crippen LogP contribution in [0.2, 0.25) is 0 Å². The van der Waals surface area contributed by atoms with E-state index in [0.29, 0.717) is 19.7 Å². The van der Waals surface area contributed by atoms with Crippen LogP contribution < -0.4 is 14.7 Å². The van der Waals surface area contributed by atoms with Gasteiger partial charge in [0.2, 0.25) is 0 Å². The van der Waals surface area contributed by atoms with Crippen molar-refractivity contribution in [2.24, 2.45) is 0 Å². The van der Waals surface area contributed by atoms with Gasteiger partial charge in [-0.2, -0.15) is 0 Å². The first-order chi connectivity index (χ1) is 15.5. The van der Waals surface area contributed by atoms with Crippen LogP contribution in [0.1, 0.15) is 8.22 Å². The molecule has 5 nitrogen and oxygen atoms in total. The zero-order chi connectivity index (χ0) is 23.5. The molecular weight excluding hydrogens is 517 g/mol. The normalized spacial score (nSPS) is 22.5. The minimum atomic E-state index is -2.42. The van der Waals surface area contributed by atoms with E-state index in [1.807, 2.05) is 48.3 Å². The third-order valence-electron chi connectivity index (χ3n) is 4.38. The Morgan fingerprint density at radius 2 is 1.22 bits per heavy atom. The van der Waals surface area contributed by atoms with Gasteiger partial charge in [-0.3, -0.25) is 0 Å². The van der Waals surface area contributed by atoms with E-state index in [-0.39, 0.29) is 0 Å². The Balaban J connectivity index is 1.84. The van der Waals surface area contributed by atoms with Gasteiger partial charge in [0, 0.05) is 0 Å². The number of anilines is 4. The summed E-state index contributed by atoms with van der Waals surface area (Å²) in [4.78, 5) is 8.01. The predicted octanol–water partition coefficient (Wildman–Crippen LogP) is 2.77. The van der Waals surface area contributed by atoms with E-state index >= 15 is 0 Å². The SMILES string of the molecule is [2H]C([2H])([2H])N1C=CN2[C]1=[Pt]=[C]1N(C=CN1C([2H])([2H])[2H])c1[c-]c(ccc1)N(C)c1[c-]c2ccc1. The maximum absolute atomic E-state index is 8.05. The van der Waals surface area contributed by atoms with Gasteiger partial charge in [-0.1, -0.05) is 0 Å². The summed E-state index contributed by atoms with van der Waals surface area (Å²) in [7, 11) is 1.91. The minimum absolute atomic E-state index is 0.515. The third-order valence-corrected chi connectivity index (χ3v) is 7.58. The van der Waals surface area contributed by atoms with E-state index in [9.17, 15) is 0 Å². The second kappa shape index (κ2) is 6.21. The van der Waals surface area contributed by atoms with Crippen LogP contribution in [-0.2, 0) is 17.6 Å². The molecule has 0 fully saturated rings. The van der Waals surface area contributed by atoms with E-state index in [4.69, 9.17) is 8.22 Å². The van der Waals surface area contributed by atoms with E-state index in [0.717, 1.165) is 11.4 Å². The summed E-state index contributed by atoms with van der Waals surface area (Å²) in [5, 5.41) is 0. The van der Waals surface area contributed by atoms with Crippen LogP contribution in [0, 0.1) is 12.1 Å². The average molecular weight is 543 g/mol. The van der Waals surface area contributed by atoms with Gasteiger partial charge in [0.05, 0.1) is 0 Å². The molecule has 3 heterocycles. The summed E-state index contributed by atoms with van der Waals surface area (Å²) in [5.74, 6) is 0. The molecule has 0 unspecified atom stereocenters. The second-order valence-electron chi connectivity index (χ2n) is 6.04.